The fraction of sp³-hybridized carbons (Fsp3) is 0.571. The van der Waals surface area contributed by atoms with Gasteiger partial charge in [0.1, 0.15) is 0 Å². The summed E-state index contributed by atoms with van der Waals surface area (Å²) in [5.41, 5.74) is 6.33. The van der Waals surface area contributed by atoms with Gasteiger partial charge in [-0.25, -0.2) is 4.98 Å². The molecule has 2 heterocycles. The van der Waals surface area contributed by atoms with Crippen LogP contribution in [0.1, 0.15) is 12.8 Å². The first-order valence-electron chi connectivity index (χ1n) is 7.01. The van der Waals surface area contributed by atoms with Gasteiger partial charge in [0.15, 0.2) is 5.15 Å². The number of hydrogen-bond acceptors (Lipinski definition) is 5. The molecule has 0 saturated carbocycles. The molecule has 1 aliphatic heterocycles. The number of likely N-dealkylation sites (tertiary alicyclic amines) is 1. The molecule has 0 radical (unpaired) electrons. The second-order valence-electron chi connectivity index (χ2n) is 5.13. The van der Waals surface area contributed by atoms with Crippen LogP contribution in [0, 0.1) is 0 Å². The lowest BCUT2D eigenvalue weighted by molar-refractivity contribution is -0.118. The molecule has 1 aromatic rings. The Bertz CT molecular complexity index is 486. The van der Waals surface area contributed by atoms with Crippen LogP contribution in [0.2, 0.25) is 5.15 Å². The number of nitrogens with zero attached hydrogens (tertiary/aromatic N) is 2. The fourth-order valence-electron chi connectivity index (χ4n) is 2.58. The number of anilines is 1. The Kier molecular flexibility index (Phi) is 5.93. The Labute approximate surface area is 129 Å². The smallest absolute Gasteiger partial charge is 0.238 e. The zero-order valence-corrected chi connectivity index (χ0v) is 12.8. The van der Waals surface area contributed by atoms with Gasteiger partial charge in [-0.2, -0.15) is 0 Å². The highest BCUT2D eigenvalue weighted by atomic mass is 35.5. The molecule has 0 spiro atoms. The molecule has 0 aromatic carbocycles. The van der Waals surface area contributed by atoms with E-state index in [0.29, 0.717) is 23.9 Å². The minimum absolute atomic E-state index is 0.112. The number of ether oxygens (including phenoxy) is 1. The predicted molar refractivity (Wildman–Crippen MR) is 82.3 cm³/mol. The van der Waals surface area contributed by atoms with Gasteiger partial charge in [0.2, 0.25) is 5.91 Å². The molecular formula is C14H21ClN4O2. The van der Waals surface area contributed by atoms with E-state index >= 15 is 0 Å². The quantitative estimate of drug-likeness (QED) is 0.796. The second-order valence-corrected chi connectivity index (χ2v) is 5.49. The summed E-state index contributed by atoms with van der Waals surface area (Å²) < 4.78 is 5.38. The monoisotopic (exact) mass is 312 g/mol. The van der Waals surface area contributed by atoms with E-state index in [1.165, 1.54) is 0 Å². The first-order valence-corrected chi connectivity index (χ1v) is 7.39. The molecule has 21 heavy (non-hydrogen) atoms. The molecule has 1 aliphatic rings. The maximum atomic E-state index is 12.1. The lowest BCUT2D eigenvalue weighted by atomic mass is 9.99. The van der Waals surface area contributed by atoms with Crippen LogP contribution in [0.4, 0.5) is 5.69 Å². The van der Waals surface area contributed by atoms with Crippen molar-refractivity contribution in [3.63, 3.8) is 0 Å². The van der Waals surface area contributed by atoms with E-state index in [2.05, 4.69) is 15.2 Å². The van der Waals surface area contributed by atoms with Crippen LogP contribution in [0.15, 0.2) is 18.3 Å². The SMILES string of the molecule is COC1CCN(CC(=O)Nc2cccnc2Cl)C(CN)C1. The van der Waals surface area contributed by atoms with Crippen LogP contribution in [0.3, 0.4) is 0 Å². The third-order valence-electron chi connectivity index (χ3n) is 3.77. The zero-order chi connectivity index (χ0) is 15.2. The number of hydrogen-bond donors (Lipinski definition) is 2. The highest BCUT2D eigenvalue weighted by Crippen LogP contribution is 2.20. The molecule has 3 N–H and O–H groups in total. The molecule has 1 amide bonds. The molecular weight excluding hydrogens is 292 g/mol. The van der Waals surface area contributed by atoms with Crippen molar-refractivity contribution in [1.29, 1.82) is 0 Å². The Balaban J connectivity index is 1.91. The third-order valence-corrected chi connectivity index (χ3v) is 4.08. The molecule has 2 rings (SSSR count). The van der Waals surface area contributed by atoms with E-state index in [4.69, 9.17) is 22.1 Å². The number of rotatable bonds is 5. The van der Waals surface area contributed by atoms with Crippen LogP contribution in [-0.2, 0) is 9.53 Å². The first kappa shape index (κ1) is 16.2. The highest BCUT2D eigenvalue weighted by molar-refractivity contribution is 6.32. The average molecular weight is 313 g/mol. The maximum absolute atomic E-state index is 12.1. The Morgan fingerprint density at radius 3 is 3.14 bits per heavy atom. The third kappa shape index (κ3) is 4.38. The Morgan fingerprint density at radius 1 is 1.67 bits per heavy atom. The topological polar surface area (TPSA) is 80.5 Å². The number of amides is 1. The van der Waals surface area contributed by atoms with Gasteiger partial charge in [-0.1, -0.05) is 11.6 Å². The van der Waals surface area contributed by atoms with Crippen molar-refractivity contribution in [2.24, 2.45) is 5.73 Å². The molecule has 7 heteroatoms. The van der Waals surface area contributed by atoms with Crippen molar-refractivity contribution in [1.82, 2.24) is 9.88 Å². The van der Waals surface area contributed by atoms with Crippen molar-refractivity contribution in [2.45, 2.75) is 25.0 Å². The minimum Gasteiger partial charge on any atom is -0.381 e. The first-order chi connectivity index (χ1) is 10.1. The van der Waals surface area contributed by atoms with Crippen molar-refractivity contribution in [2.75, 3.05) is 32.1 Å². The summed E-state index contributed by atoms with van der Waals surface area (Å²) in [6, 6.07) is 3.62. The molecule has 1 aromatic heterocycles. The van der Waals surface area contributed by atoms with E-state index in [-0.39, 0.29) is 18.1 Å². The number of nitrogens with two attached hydrogens (primary N) is 1. The summed E-state index contributed by atoms with van der Waals surface area (Å²) in [5, 5.41) is 3.07. The van der Waals surface area contributed by atoms with Gasteiger partial charge in [-0.05, 0) is 25.0 Å². The van der Waals surface area contributed by atoms with E-state index in [9.17, 15) is 4.79 Å². The molecule has 1 saturated heterocycles. The van der Waals surface area contributed by atoms with Crippen LogP contribution < -0.4 is 11.1 Å². The van der Waals surface area contributed by atoms with Gasteiger partial charge in [0.25, 0.3) is 0 Å². The normalized spacial score (nSPS) is 23.0. The number of piperidine rings is 1. The number of methoxy groups -OCH3 is 1. The van der Waals surface area contributed by atoms with Crippen LogP contribution in [-0.4, -0.2) is 54.7 Å². The predicted octanol–water partition coefficient (Wildman–Crippen LogP) is 1.11. The second kappa shape index (κ2) is 7.70. The van der Waals surface area contributed by atoms with Crippen LogP contribution in [0.25, 0.3) is 0 Å². The molecule has 0 aliphatic carbocycles. The summed E-state index contributed by atoms with van der Waals surface area (Å²) in [5.74, 6) is -0.112. The molecule has 6 nitrogen and oxygen atoms in total. The maximum Gasteiger partial charge on any atom is 0.238 e. The number of carbonyl (C=O) groups excluding carboxylic acids is 1. The minimum atomic E-state index is -0.112. The van der Waals surface area contributed by atoms with Crippen molar-refractivity contribution in [3.05, 3.63) is 23.5 Å². The van der Waals surface area contributed by atoms with Gasteiger partial charge < -0.3 is 15.8 Å². The van der Waals surface area contributed by atoms with Crippen LogP contribution in [0.5, 0.6) is 0 Å². The summed E-state index contributed by atoms with van der Waals surface area (Å²) in [6.07, 6.45) is 3.57. The Morgan fingerprint density at radius 2 is 2.48 bits per heavy atom. The average Bonchev–Trinajstić information content (AvgIpc) is 2.50. The molecule has 2 unspecified atom stereocenters. The van der Waals surface area contributed by atoms with Crippen molar-refractivity contribution >= 4 is 23.2 Å². The van der Waals surface area contributed by atoms with Gasteiger partial charge >= 0.3 is 0 Å². The largest absolute Gasteiger partial charge is 0.381 e. The number of nitrogens with one attached hydrogen (secondary N) is 1. The summed E-state index contributed by atoms with van der Waals surface area (Å²) in [7, 11) is 1.71. The number of halogens is 1. The number of aromatic nitrogens is 1. The van der Waals surface area contributed by atoms with E-state index in [0.717, 1.165) is 19.4 Å². The standard InChI is InChI=1S/C14H21ClN4O2/c1-21-11-4-6-19(10(7-11)8-16)9-13(20)18-12-3-2-5-17-14(12)15/h2-3,5,10-11H,4,6-9,16H2,1H3,(H,18,20). The summed E-state index contributed by atoms with van der Waals surface area (Å²) >= 11 is 5.93. The molecule has 1 fully saturated rings. The van der Waals surface area contributed by atoms with Crippen molar-refractivity contribution < 1.29 is 9.53 Å². The van der Waals surface area contributed by atoms with Gasteiger partial charge in [0, 0.05) is 32.4 Å². The van der Waals surface area contributed by atoms with Crippen molar-refractivity contribution in [3.8, 4) is 0 Å². The van der Waals surface area contributed by atoms with Gasteiger partial charge in [-0.15, -0.1) is 0 Å². The van der Waals surface area contributed by atoms with E-state index < -0.39 is 0 Å². The lowest BCUT2D eigenvalue weighted by Gasteiger charge is -2.37. The van der Waals surface area contributed by atoms with E-state index in [1.807, 2.05) is 0 Å². The van der Waals surface area contributed by atoms with Gasteiger partial charge in [0.05, 0.1) is 18.3 Å². The molecule has 2 atom stereocenters. The lowest BCUT2D eigenvalue weighted by Crippen LogP contribution is -2.50. The highest BCUT2D eigenvalue weighted by Gasteiger charge is 2.28. The fourth-order valence-corrected chi connectivity index (χ4v) is 2.75. The summed E-state index contributed by atoms with van der Waals surface area (Å²) in [6.45, 7) is 1.61. The van der Waals surface area contributed by atoms with Crippen LogP contribution >= 0.6 is 11.6 Å². The number of carbonyl (C=O) groups is 1. The summed E-state index contributed by atoms with van der Waals surface area (Å²) in [4.78, 5) is 18.2. The van der Waals surface area contributed by atoms with Gasteiger partial charge in [-0.3, -0.25) is 9.69 Å². The van der Waals surface area contributed by atoms with E-state index in [1.54, 1.807) is 25.4 Å². The zero-order valence-electron chi connectivity index (χ0n) is 12.1. The number of pyridine rings is 1. The Hall–Kier alpha value is -1.21. The molecule has 0 bridgehead atoms. The molecule has 116 valence electrons.